The van der Waals surface area contributed by atoms with Crippen molar-refractivity contribution in [2.75, 3.05) is 6.54 Å². The molecule has 0 aliphatic carbocycles. The Labute approximate surface area is 133 Å². The Hall–Kier alpha value is -2.27. The average molecular weight is 315 g/mol. The van der Waals surface area contributed by atoms with E-state index in [0.29, 0.717) is 30.5 Å². The van der Waals surface area contributed by atoms with Crippen LogP contribution in [0, 0.1) is 11.6 Å². The topological polar surface area (TPSA) is 43.8 Å². The van der Waals surface area contributed by atoms with E-state index < -0.39 is 11.6 Å². The predicted octanol–water partition coefficient (Wildman–Crippen LogP) is 3.45. The lowest BCUT2D eigenvalue weighted by atomic mass is 10.1. The van der Waals surface area contributed by atoms with Crippen LogP contribution in [-0.2, 0) is 19.4 Å². The second-order valence-corrected chi connectivity index (χ2v) is 5.56. The van der Waals surface area contributed by atoms with Crippen molar-refractivity contribution in [3.63, 3.8) is 0 Å². The minimum atomic E-state index is -0.865. The summed E-state index contributed by atoms with van der Waals surface area (Å²) in [5.74, 6) is -0.876. The van der Waals surface area contributed by atoms with Gasteiger partial charge < -0.3 is 10.3 Å². The van der Waals surface area contributed by atoms with E-state index >= 15 is 0 Å². The number of nitrogens with two attached hydrogens (primary N) is 1. The number of halogens is 2. The van der Waals surface area contributed by atoms with Crippen LogP contribution in [0.1, 0.15) is 17.8 Å². The maximum absolute atomic E-state index is 13.6. The fourth-order valence-corrected chi connectivity index (χ4v) is 2.76. The molecule has 0 amide bonds. The van der Waals surface area contributed by atoms with Gasteiger partial charge in [-0.3, -0.25) is 0 Å². The maximum atomic E-state index is 13.6. The van der Waals surface area contributed by atoms with Crippen LogP contribution in [0.5, 0.6) is 0 Å². The first-order chi connectivity index (χ1) is 11.2. The van der Waals surface area contributed by atoms with Crippen molar-refractivity contribution in [2.45, 2.75) is 25.8 Å². The van der Waals surface area contributed by atoms with Crippen LogP contribution < -0.4 is 5.73 Å². The molecule has 0 aliphatic rings. The maximum Gasteiger partial charge on any atom is 0.161 e. The van der Waals surface area contributed by atoms with E-state index in [0.717, 1.165) is 24.7 Å². The van der Waals surface area contributed by atoms with Crippen LogP contribution in [0.4, 0.5) is 8.78 Å². The average Bonchev–Trinajstić information content (AvgIpc) is 2.89. The van der Waals surface area contributed by atoms with Crippen molar-refractivity contribution in [3.05, 3.63) is 65.5 Å². The second-order valence-electron chi connectivity index (χ2n) is 5.56. The molecule has 3 aromatic rings. The highest BCUT2D eigenvalue weighted by atomic mass is 19.2. The molecule has 5 heteroatoms. The van der Waals surface area contributed by atoms with Crippen molar-refractivity contribution in [2.24, 2.45) is 5.73 Å². The van der Waals surface area contributed by atoms with Gasteiger partial charge in [-0.05, 0) is 24.9 Å². The van der Waals surface area contributed by atoms with Crippen LogP contribution in [0.15, 0.2) is 42.5 Å². The number of imidazole rings is 1. The van der Waals surface area contributed by atoms with Crippen molar-refractivity contribution in [1.29, 1.82) is 0 Å². The SMILES string of the molecule is NCCCn1c(CCc2ccccc2)nc2cc(F)c(F)cc21. The van der Waals surface area contributed by atoms with Crippen molar-refractivity contribution in [3.8, 4) is 0 Å². The summed E-state index contributed by atoms with van der Waals surface area (Å²) in [6.07, 6.45) is 2.31. The zero-order chi connectivity index (χ0) is 16.2. The largest absolute Gasteiger partial charge is 0.330 e. The van der Waals surface area contributed by atoms with Gasteiger partial charge in [-0.25, -0.2) is 13.8 Å². The Balaban J connectivity index is 1.94. The monoisotopic (exact) mass is 315 g/mol. The molecule has 23 heavy (non-hydrogen) atoms. The van der Waals surface area contributed by atoms with E-state index in [4.69, 9.17) is 5.73 Å². The molecule has 1 heterocycles. The number of rotatable bonds is 6. The van der Waals surface area contributed by atoms with Gasteiger partial charge in [0.1, 0.15) is 5.82 Å². The molecular formula is C18H19F2N3. The van der Waals surface area contributed by atoms with Gasteiger partial charge in [0, 0.05) is 25.1 Å². The summed E-state index contributed by atoms with van der Waals surface area (Å²) in [6, 6.07) is 12.5. The number of benzene rings is 2. The summed E-state index contributed by atoms with van der Waals surface area (Å²) in [6.45, 7) is 1.20. The first kappa shape index (κ1) is 15.6. The number of aromatic nitrogens is 2. The highest BCUT2D eigenvalue weighted by Gasteiger charge is 2.14. The minimum Gasteiger partial charge on any atom is -0.330 e. The third-order valence-corrected chi connectivity index (χ3v) is 3.94. The summed E-state index contributed by atoms with van der Waals surface area (Å²) >= 11 is 0. The number of hydrogen-bond donors (Lipinski definition) is 1. The van der Waals surface area contributed by atoms with Crippen LogP contribution in [0.25, 0.3) is 11.0 Å². The molecule has 3 rings (SSSR count). The van der Waals surface area contributed by atoms with Crippen LogP contribution in [0.2, 0.25) is 0 Å². The van der Waals surface area contributed by atoms with E-state index in [-0.39, 0.29) is 0 Å². The third-order valence-electron chi connectivity index (χ3n) is 3.94. The lowest BCUT2D eigenvalue weighted by Gasteiger charge is -2.09. The molecule has 0 bridgehead atoms. The zero-order valence-electron chi connectivity index (χ0n) is 12.8. The smallest absolute Gasteiger partial charge is 0.161 e. The minimum absolute atomic E-state index is 0.490. The van der Waals surface area contributed by atoms with Gasteiger partial charge in [-0.1, -0.05) is 30.3 Å². The van der Waals surface area contributed by atoms with Gasteiger partial charge in [-0.2, -0.15) is 0 Å². The summed E-state index contributed by atoms with van der Waals surface area (Å²) in [5, 5.41) is 0. The fourth-order valence-electron chi connectivity index (χ4n) is 2.76. The lowest BCUT2D eigenvalue weighted by Crippen LogP contribution is -2.09. The summed E-state index contributed by atoms with van der Waals surface area (Å²) in [7, 11) is 0. The number of nitrogens with zero attached hydrogens (tertiary/aromatic N) is 2. The highest BCUT2D eigenvalue weighted by molar-refractivity contribution is 5.76. The highest BCUT2D eigenvalue weighted by Crippen LogP contribution is 2.21. The van der Waals surface area contributed by atoms with Gasteiger partial charge in [0.2, 0.25) is 0 Å². The molecule has 2 N–H and O–H groups in total. The first-order valence-corrected chi connectivity index (χ1v) is 7.77. The molecular weight excluding hydrogens is 296 g/mol. The number of aryl methyl sites for hydroxylation is 3. The Morgan fingerprint density at radius 2 is 1.74 bits per heavy atom. The number of hydrogen-bond acceptors (Lipinski definition) is 2. The molecule has 0 unspecified atom stereocenters. The van der Waals surface area contributed by atoms with Gasteiger partial charge in [0.05, 0.1) is 11.0 Å². The summed E-state index contributed by atoms with van der Waals surface area (Å²) in [4.78, 5) is 4.50. The molecule has 0 saturated carbocycles. The van der Waals surface area contributed by atoms with Gasteiger partial charge in [-0.15, -0.1) is 0 Å². The van der Waals surface area contributed by atoms with Crippen molar-refractivity contribution < 1.29 is 8.78 Å². The van der Waals surface area contributed by atoms with Crippen LogP contribution in [0.3, 0.4) is 0 Å². The van der Waals surface area contributed by atoms with E-state index in [1.54, 1.807) is 0 Å². The predicted molar refractivity (Wildman–Crippen MR) is 87.2 cm³/mol. The van der Waals surface area contributed by atoms with Crippen molar-refractivity contribution in [1.82, 2.24) is 9.55 Å². The van der Waals surface area contributed by atoms with E-state index in [1.807, 2.05) is 22.8 Å². The molecule has 0 radical (unpaired) electrons. The molecule has 120 valence electrons. The van der Waals surface area contributed by atoms with Gasteiger partial charge in [0.15, 0.2) is 11.6 Å². The molecule has 0 spiro atoms. The molecule has 0 aliphatic heterocycles. The van der Waals surface area contributed by atoms with Crippen molar-refractivity contribution >= 4 is 11.0 Å². The van der Waals surface area contributed by atoms with Gasteiger partial charge in [0.25, 0.3) is 0 Å². The molecule has 0 fully saturated rings. The fraction of sp³-hybridized carbons (Fsp3) is 0.278. The van der Waals surface area contributed by atoms with Crippen LogP contribution >= 0.6 is 0 Å². The lowest BCUT2D eigenvalue weighted by molar-refractivity contribution is 0.510. The first-order valence-electron chi connectivity index (χ1n) is 7.77. The normalized spacial score (nSPS) is 11.3. The summed E-state index contributed by atoms with van der Waals surface area (Å²) in [5.41, 5.74) is 7.92. The Bertz CT molecular complexity index is 797. The Morgan fingerprint density at radius 1 is 1.00 bits per heavy atom. The van der Waals surface area contributed by atoms with E-state index in [9.17, 15) is 8.78 Å². The van der Waals surface area contributed by atoms with Gasteiger partial charge >= 0.3 is 0 Å². The van der Waals surface area contributed by atoms with E-state index in [2.05, 4.69) is 17.1 Å². The molecule has 0 atom stereocenters. The van der Waals surface area contributed by atoms with Crippen LogP contribution in [-0.4, -0.2) is 16.1 Å². The van der Waals surface area contributed by atoms with E-state index in [1.165, 1.54) is 11.6 Å². The third kappa shape index (κ3) is 3.40. The molecule has 2 aromatic carbocycles. The quantitative estimate of drug-likeness (QED) is 0.757. The molecule has 3 nitrogen and oxygen atoms in total. The zero-order valence-corrected chi connectivity index (χ0v) is 12.8. The molecule has 1 aromatic heterocycles. The number of fused-ring (bicyclic) bond motifs is 1. The Morgan fingerprint density at radius 3 is 2.48 bits per heavy atom. The Kier molecular flexibility index (Phi) is 4.67. The molecule has 0 saturated heterocycles. The summed E-state index contributed by atoms with van der Waals surface area (Å²) < 4.78 is 29.0. The second kappa shape index (κ2) is 6.87. The standard InChI is InChI=1S/C18H19F2N3/c19-14-11-16-17(12-15(14)20)23(10-4-9-21)18(22-16)8-7-13-5-2-1-3-6-13/h1-3,5-6,11-12H,4,7-10,21H2.